The fourth-order valence-corrected chi connectivity index (χ4v) is 1.10. The molecule has 1 aliphatic rings. The van der Waals surface area contributed by atoms with Gasteiger partial charge < -0.3 is 14.9 Å². The van der Waals surface area contributed by atoms with Crippen LogP contribution in [0.2, 0.25) is 0 Å². The van der Waals surface area contributed by atoms with E-state index >= 15 is 0 Å². The summed E-state index contributed by atoms with van der Waals surface area (Å²) < 4.78 is 4.89. The van der Waals surface area contributed by atoms with Crippen LogP contribution < -0.4 is 0 Å². The van der Waals surface area contributed by atoms with Gasteiger partial charge in [0.25, 0.3) is 0 Å². The number of aliphatic hydroxyl groups is 2. The van der Waals surface area contributed by atoms with Crippen LogP contribution in [0.1, 0.15) is 20.3 Å². The molecule has 2 atom stereocenters. The monoisotopic (exact) mass is 146 g/mol. The van der Waals surface area contributed by atoms with Gasteiger partial charge in [-0.1, -0.05) is 0 Å². The summed E-state index contributed by atoms with van der Waals surface area (Å²) in [5, 5.41) is 18.4. The first-order valence-electron chi connectivity index (χ1n) is 3.52. The lowest BCUT2D eigenvalue weighted by Crippen LogP contribution is -2.31. The van der Waals surface area contributed by atoms with Crippen LogP contribution in [-0.2, 0) is 4.74 Å². The minimum atomic E-state index is -0.725. The largest absolute Gasteiger partial charge is 0.390 e. The van der Waals surface area contributed by atoms with Gasteiger partial charge in [-0.3, -0.25) is 0 Å². The van der Waals surface area contributed by atoms with Crippen molar-refractivity contribution < 1.29 is 14.9 Å². The molecule has 1 fully saturated rings. The van der Waals surface area contributed by atoms with E-state index in [9.17, 15) is 5.11 Å². The molecule has 0 aromatic carbocycles. The fourth-order valence-electron chi connectivity index (χ4n) is 1.10. The van der Waals surface area contributed by atoms with Gasteiger partial charge in [0.05, 0.1) is 12.2 Å². The molecule has 1 saturated heterocycles. The predicted molar refractivity (Wildman–Crippen MR) is 36.4 cm³/mol. The van der Waals surface area contributed by atoms with Gasteiger partial charge in [0.1, 0.15) is 0 Å². The second-order valence-corrected chi connectivity index (χ2v) is 3.37. The second-order valence-electron chi connectivity index (χ2n) is 3.37. The maximum atomic E-state index is 9.44. The number of rotatable bonds is 1. The summed E-state index contributed by atoms with van der Waals surface area (Å²) in [5.41, 5.74) is -0.725. The smallest absolute Gasteiger partial charge is 0.154 e. The van der Waals surface area contributed by atoms with Crippen molar-refractivity contribution >= 4 is 0 Å². The molecule has 1 heterocycles. The summed E-state index contributed by atoms with van der Waals surface area (Å²) in [6, 6.07) is 0. The van der Waals surface area contributed by atoms with E-state index in [1.165, 1.54) is 0 Å². The molecule has 0 aromatic rings. The zero-order valence-electron chi connectivity index (χ0n) is 6.37. The van der Waals surface area contributed by atoms with E-state index in [0.717, 1.165) is 0 Å². The van der Waals surface area contributed by atoms with Gasteiger partial charge in [-0.15, -0.1) is 0 Å². The zero-order chi connectivity index (χ0) is 7.78. The van der Waals surface area contributed by atoms with Crippen LogP contribution in [0.3, 0.4) is 0 Å². The maximum Gasteiger partial charge on any atom is 0.154 e. The number of aliphatic hydroxyl groups excluding tert-OH is 1. The van der Waals surface area contributed by atoms with Gasteiger partial charge in [0.2, 0.25) is 0 Å². The molecule has 3 nitrogen and oxygen atoms in total. The van der Waals surface area contributed by atoms with Crippen molar-refractivity contribution in [2.45, 2.75) is 32.2 Å². The molecule has 0 spiro atoms. The molecule has 1 rings (SSSR count). The van der Waals surface area contributed by atoms with E-state index in [4.69, 9.17) is 9.84 Å². The van der Waals surface area contributed by atoms with Crippen molar-refractivity contribution in [3.05, 3.63) is 0 Å². The molecule has 0 amide bonds. The standard InChI is InChI=1S/C7H14O3/c1-7(2,9)5-3-6(8)10-4-5/h5-6,8-9H,3-4H2,1-2H3/t5?,6-/m0/s1. The van der Waals surface area contributed by atoms with E-state index in [1.807, 2.05) is 0 Å². The van der Waals surface area contributed by atoms with Crippen molar-refractivity contribution in [1.82, 2.24) is 0 Å². The molecule has 1 aliphatic heterocycles. The molecule has 60 valence electrons. The van der Waals surface area contributed by atoms with Crippen LogP contribution in [-0.4, -0.2) is 28.7 Å². The van der Waals surface area contributed by atoms with Gasteiger partial charge in [-0.05, 0) is 13.8 Å². The Balaban J connectivity index is 2.45. The topological polar surface area (TPSA) is 49.7 Å². The highest BCUT2D eigenvalue weighted by Crippen LogP contribution is 2.27. The van der Waals surface area contributed by atoms with E-state index in [2.05, 4.69) is 0 Å². The molecule has 0 bridgehead atoms. The van der Waals surface area contributed by atoms with E-state index in [-0.39, 0.29) is 5.92 Å². The number of hydrogen-bond donors (Lipinski definition) is 2. The molecule has 10 heavy (non-hydrogen) atoms. The number of hydrogen-bond acceptors (Lipinski definition) is 3. The molecule has 0 aliphatic carbocycles. The first-order valence-corrected chi connectivity index (χ1v) is 3.52. The highest BCUT2D eigenvalue weighted by molar-refractivity contribution is 4.81. The first kappa shape index (κ1) is 7.98. The Hall–Kier alpha value is -0.120. The average Bonchev–Trinajstić information content (AvgIpc) is 2.11. The average molecular weight is 146 g/mol. The summed E-state index contributed by atoms with van der Waals surface area (Å²) in [7, 11) is 0. The van der Waals surface area contributed by atoms with Crippen molar-refractivity contribution in [3.8, 4) is 0 Å². The summed E-state index contributed by atoms with van der Waals surface area (Å²) in [6.07, 6.45) is -0.125. The van der Waals surface area contributed by atoms with Gasteiger partial charge in [-0.25, -0.2) is 0 Å². The summed E-state index contributed by atoms with van der Waals surface area (Å²) in [5.74, 6) is 0.0718. The van der Waals surface area contributed by atoms with Gasteiger partial charge >= 0.3 is 0 Å². The zero-order valence-corrected chi connectivity index (χ0v) is 6.37. The predicted octanol–water partition coefficient (Wildman–Crippen LogP) is 0.112. The fraction of sp³-hybridized carbons (Fsp3) is 1.00. The Morgan fingerprint density at radius 3 is 2.30 bits per heavy atom. The van der Waals surface area contributed by atoms with Crippen molar-refractivity contribution in [2.75, 3.05) is 6.61 Å². The van der Waals surface area contributed by atoms with Crippen LogP contribution in [0, 0.1) is 5.92 Å². The Kier molecular flexibility index (Phi) is 1.99. The third-order valence-corrected chi connectivity index (χ3v) is 1.98. The molecular formula is C7H14O3. The summed E-state index contributed by atoms with van der Waals surface area (Å²) >= 11 is 0. The molecule has 2 N–H and O–H groups in total. The van der Waals surface area contributed by atoms with Gasteiger partial charge in [0, 0.05) is 12.3 Å². The lowest BCUT2D eigenvalue weighted by molar-refractivity contribution is -0.0601. The van der Waals surface area contributed by atoms with Crippen LogP contribution in [0.4, 0.5) is 0 Å². The Labute approximate surface area is 60.6 Å². The van der Waals surface area contributed by atoms with Crippen LogP contribution >= 0.6 is 0 Å². The third-order valence-electron chi connectivity index (χ3n) is 1.98. The Morgan fingerprint density at radius 1 is 1.50 bits per heavy atom. The van der Waals surface area contributed by atoms with Gasteiger partial charge in [0.15, 0.2) is 6.29 Å². The second kappa shape index (κ2) is 2.49. The Bertz CT molecular complexity index is 117. The molecular weight excluding hydrogens is 132 g/mol. The molecule has 0 radical (unpaired) electrons. The van der Waals surface area contributed by atoms with Crippen LogP contribution in [0.5, 0.6) is 0 Å². The van der Waals surface area contributed by atoms with Crippen LogP contribution in [0.15, 0.2) is 0 Å². The summed E-state index contributed by atoms with van der Waals surface area (Å²) in [6.45, 7) is 3.93. The highest BCUT2D eigenvalue weighted by Gasteiger charge is 2.34. The molecule has 1 unspecified atom stereocenters. The lowest BCUT2D eigenvalue weighted by atomic mass is 9.90. The molecule has 3 heteroatoms. The van der Waals surface area contributed by atoms with Gasteiger partial charge in [-0.2, -0.15) is 0 Å². The summed E-state index contributed by atoms with van der Waals surface area (Å²) in [4.78, 5) is 0. The first-order chi connectivity index (χ1) is 4.50. The highest BCUT2D eigenvalue weighted by atomic mass is 16.6. The lowest BCUT2D eigenvalue weighted by Gasteiger charge is -2.23. The molecule has 0 saturated carbocycles. The quantitative estimate of drug-likeness (QED) is 0.552. The van der Waals surface area contributed by atoms with Crippen LogP contribution in [0.25, 0.3) is 0 Å². The van der Waals surface area contributed by atoms with E-state index in [1.54, 1.807) is 13.8 Å². The Morgan fingerprint density at radius 2 is 2.10 bits per heavy atom. The van der Waals surface area contributed by atoms with E-state index < -0.39 is 11.9 Å². The van der Waals surface area contributed by atoms with Crippen molar-refractivity contribution in [2.24, 2.45) is 5.92 Å². The molecule has 0 aromatic heterocycles. The maximum absolute atomic E-state index is 9.44. The van der Waals surface area contributed by atoms with Crippen molar-refractivity contribution in [3.63, 3.8) is 0 Å². The normalized spacial score (nSPS) is 34.8. The van der Waals surface area contributed by atoms with E-state index in [0.29, 0.717) is 13.0 Å². The number of ether oxygens (including phenoxy) is 1. The van der Waals surface area contributed by atoms with Crippen molar-refractivity contribution in [1.29, 1.82) is 0 Å². The third kappa shape index (κ3) is 1.68. The minimum Gasteiger partial charge on any atom is -0.390 e. The SMILES string of the molecule is CC(C)(O)C1CO[C@H](O)C1. The minimum absolute atomic E-state index is 0.0718.